The van der Waals surface area contributed by atoms with E-state index in [0.29, 0.717) is 16.3 Å². The molecule has 0 aliphatic heterocycles. The molecule has 0 aromatic heterocycles. The van der Waals surface area contributed by atoms with Crippen molar-refractivity contribution in [2.75, 3.05) is 18.9 Å². The number of carbonyl (C=O) groups excluding carboxylic acids is 1. The van der Waals surface area contributed by atoms with Crippen LogP contribution in [0.2, 0.25) is 5.02 Å². The number of benzene rings is 2. The number of aryl methyl sites for hydroxylation is 2. The fraction of sp³-hybridized carbons (Fsp3) is 0.211. The summed E-state index contributed by atoms with van der Waals surface area (Å²) in [6.45, 7) is 3.50. The highest BCUT2D eigenvalue weighted by Crippen LogP contribution is 2.19. The van der Waals surface area contributed by atoms with Gasteiger partial charge < -0.3 is 5.32 Å². The van der Waals surface area contributed by atoms with Gasteiger partial charge in [-0.1, -0.05) is 41.9 Å². The standard InChI is InChI=1S/C19H21ClN2O3S/c1-14-5-4-6-15(2)19(14)21-18(23)13-22(3)26(24,25)12-11-16-7-9-17(20)10-8-16/h4-12H,13H2,1-3H3,(H,21,23)/b12-11+. The SMILES string of the molecule is Cc1cccc(C)c1NC(=O)CN(C)S(=O)(=O)/C=C/c1ccc(Cl)cc1. The minimum Gasteiger partial charge on any atom is -0.324 e. The molecule has 1 N–H and O–H groups in total. The van der Waals surface area contributed by atoms with Crippen molar-refractivity contribution in [3.8, 4) is 0 Å². The summed E-state index contributed by atoms with van der Waals surface area (Å²) in [5.74, 6) is -0.395. The van der Waals surface area contributed by atoms with Crippen LogP contribution in [0.15, 0.2) is 47.9 Å². The van der Waals surface area contributed by atoms with Crippen molar-refractivity contribution in [1.82, 2.24) is 4.31 Å². The zero-order valence-electron chi connectivity index (χ0n) is 14.9. The van der Waals surface area contributed by atoms with E-state index in [1.165, 1.54) is 13.1 Å². The minimum atomic E-state index is -3.72. The highest BCUT2D eigenvalue weighted by molar-refractivity contribution is 7.92. The number of hydrogen-bond acceptors (Lipinski definition) is 3. The molecule has 0 fully saturated rings. The summed E-state index contributed by atoms with van der Waals surface area (Å²) in [7, 11) is -2.35. The van der Waals surface area contributed by atoms with Crippen LogP contribution in [0, 0.1) is 13.8 Å². The van der Waals surface area contributed by atoms with Crippen LogP contribution in [0.4, 0.5) is 5.69 Å². The van der Waals surface area contributed by atoms with E-state index in [9.17, 15) is 13.2 Å². The maximum absolute atomic E-state index is 12.3. The molecule has 2 aromatic carbocycles. The van der Waals surface area contributed by atoms with Gasteiger partial charge in [-0.2, -0.15) is 4.31 Å². The van der Waals surface area contributed by atoms with Crippen molar-refractivity contribution in [2.45, 2.75) is 13.8 Å². The number of para-hydroxylation sites is 1. The summed E-state index contributed by atoms with van der Waals surface area (Å²) in [6.07, 6.45) is 1.46. The lowest BCUT2D eigenvalue weighted by Crippen LogP contribution is -2.34. The molecule has 26 heavy (non-hydrogen) atoms. The van der Waals surface area contributed by atoms with Crippen molar-refractivity contribution in [1.29, 1.82) is 0 Å². The van der Waals surface area contributed by atoms with E-state index in [-0.39, 0.29) is 6.54 Å². The van der Waals surface area contributed by atoms with Crippen LogP contribution < -0.4 is 5.32 Å². The highest BCUT2D eigenvalue weighted by Gasteiger charge is 2.18. The van der Waals surface area contributed by atoms with Crippen molar-refractivity contribution in [2.24, 2.45) is 0 Å². The van der Waals surface area contributed by atoms with Crippen LogP contribution >= 0.6 is 11.6 Å². The second kappa shape index (κ2) is 8.49. The quantitative estimate of drug-likeness (QED) is 0.812. The summed E-state index contributed by atoms with van der Waals surface area (Å²) in [5, 5.41) is 4.42. The lowest BCUT2D eigenvalue weighted by molar-refractivity contribution is -0.116. The fourth-order valence-electron chi connectivity index (χ4n) is 2.33. The number of nitrogens with zero attached hydrogens (tertiary/aromatic N) is 1. The molecule has 0 bridgehead atoms. The number of hydrogen-bond donors (Lipinski definition) is 1. The summed E-state index contributed by atoms with van der Waals surface area (Å²) < 4.78 is 25.7. The zero-order chi connectivity index (χ0) is 19.3. The number of amides is 1. The summed E-state index contributed by atoms with van der Waals surface area (Å²) in [6, 6.07) is 12.4. The summed E-state index contributed by atoms with van der Waals surface area (Å²) in [4.78, 5) is 12.2. The Morgan fingerprint density at radius 2 is 1.69 bits per heavy atom. The third-order valence-corrected chi connectivity index (χ3v) is 5.58. The van der Waals surface area contributed by atoms with Gasteiger partial charge in [0.2, 0.25) is 15.9 Å². The molecule has 0 aliphatic rings. The molecule has 1 amide bonds. The molecule has 7 heteroatoms. The number of rotatable bonds is 6. The second-order valence-electron chi connectivity index (χ2n) is 5.97. The van der Waals surface area contributed by atoms with Crippen molar-refractivity contribution < 1.29 is 13.2 Å². The number of carbonyl (C=O) groups is 1. The summed E-state index contributed by atoms with van der Waals surface area (Å²) in [5.41, 5.74) is 3.25. The molecule has 0 radical (unpaired) electrons. The van der Waals surface area contributed by atoms with Gasteiger partial charge in [0.05, 0.1) is 6.54 Å². The van der Waals surface area contributed by atoms with E-state index in [0.717, 1.165) is 20.8 Å². The Morgan fingerprint density at radius 1 is 1.12 bits per heavy atom. The van der Waals surface area contributed by atoms with Crippen molar-refractivity contribution in [3.05, 3.63) is 69.6 Å². The van der Waals surface area contributed by atoms with Gasteiger partial charge in [-0.25, -0.2) is 8.42 Å². The molecule has 0 unspecified atom stereocenters. The van der Waals surface area contributed by atoms with E-state index < -0.39 is 15.9 Å². The van der Waals surface area contributed by atoms with Crippen LogP contribution in [0.1, 0.15) is 16.7 Å². The van der Waals surface area contributed by atoms with Gasteiger partial charge >= 0.3 is 0 Å². The van der Waals surface area contributed by atoms with E-state index >= 15 is 0 Å². The number of halogens is 1. The number of nitrogens with one attached hydrogen (secondary N) is 1. The summed E-state index contributed by atoms with van der Waals surface area (Å²) >= 11 is 5.80. The van der Waals surface area contributed by atoms with Gasteiger partial charge in [0.25, 0.3) is 0 Å². The minimum absolute atomic E-state index is 0.277. The highest BCUT2D eigenvalue weighted by atomic mass is 35.5. The molecule has 0 aliphatic carbocycles. The molecule has 0 heterocycles. The monoisotopic (exact) mass is 392 g/mol. The first-order valence-corrected chi connectivity index (χ1v) is 9.83. The van der Waals surface area contributed by atoms with E-state index in [2.05, 4.69) is 5.32 Å². The van der Waals surface area contributed by atoms with Gasteiger partial charge in [0, 0.05) is 23.2 Å². The molecule has 0 saturated carbocycles. The number of likely N-dealkylation sites (N-methyl/N-ethyl adjacent to an activating group) is 1. The van der Waals surface area contributed by atoms with Crippen LogP contribution in [-0.4, -0.2) is 32.2 Å². The first-order chi connectivity index (χ1) is 12.2. The topological polar surface area (TPSA) is 66.5 Å². The molecule has 138 valence electrons. The molecular weight excluding hydrogens is 372 g/mol. The normalized spacial score (nSPS) is 11.9. The molecule has 0 saturated heterocycles. The van der Waals surface area contributed by atoms with Crippen molar-refractivity contribution in [3.63, 3.8) is 0 Å². The van der Waals surface area contributed by atoms with E-state index in [4.69, 9.17) is 11.6 Å². The van der Waals surface area contributed by atoms with Crippen LogP contribution in [0.25, 0.3) is 6.08 Å². The van der Waals surface area contributed by atoms with Crippen LogP contribution in [0.3, 0.4) is 0 Å². The molecule has 0 atom stereocenters. The van der Waals surface area contributed by atoms with Crippen LogP contribution in [0.5, 0.6) is 0 Å². The van der Waals surface area contributed by atoms with Gasteiger partial charge in [-0.3, -0.25) is 4.79 Å². The maximum atomic E-state index is 12.3. The Kier molecular flexibility index (Phi) is 6.58. The van der Waals surface area contributed by atoms with Gasteiger partial charge in [0.1, 0.15) is 0 Å². The van der Waals surface area contributed by atoms with E-state index in [1.807, 2.05) is 32.0 Å². The molecule has 2 aromatic rings. The van der Waals surface area contributed by atoms with Gasteiger partial charge in [0.15, 0.2) is 0 Å². The van der Waals surface area contributed by atoms with Crippen molar-refractivity contribution >= 4 is 39.3 Å². The Morgan fingerprint density at radius 3 is 2.27 bits per heavy atom. The third-order valence-electron chi connectivity index (χ3n) is 3.85. The molecule has 5 nitrogen and oxygen atoms in total. The molecular formula is C19H21ClN2O3S. The molecule has 2 rings (SSSR count). The third kappa shape index (κ3) is 5.42. The second-order valence-corrected chi connectivity index (χ2v) is 8.33. The Labute approximate surface area is 159 Å². The predicted molar refractivity (Wildman–Crippen MR) is 107 cm³/mol. The van der Waals surface area contributed by atoms with Gasteiger partial charge in [-0.15, -0.1) is 0 Å². The van der Waals surface area contributed by atoms with Crippen LogP contribution in [-0.2, 0) is 14.8 Å². The number of sulfonamides is 1. The fourth-order valence-corrected chi connectivity index (χ4v) is 3.29. The lowest BCUT2D eigenvalue weighted by Gasteiger charge is -2.16. The average molecular weight is 393 g/mol. The van der Waals surface area contributed by atoms with E-state index in [1.54, 1.807) is 24.3 Å². The zero-order valence-corrected chi connectivity index (χ0v) is 16.4. The maximum Gasteiger partial charge on any atom is 0.239 e. The first-order valence-electron chi connectivity index (χ1n) is 7.95. The van der Waals surface area contributed by atoms with Gasteiger partial charge in [-0.05, 0) is 48.7 Å². The largest absolute Gasteiger partial charge is 0.324 e. The average Bonchev–Trinajstić information content (AvgIpc) is 2.58. The Hall–Kier alpha value is -2.15. The smallest absolute Gasteiger partial charge is 0.239 e. The Bertz CT molecular complexity index is 902. The predicted octanol–water partition coefficient (Wildman–Crippen LogP) is 3.83. The first kappa shape index (κ1) is 20.2. The lowest BCUT2D eigenvalue weighted by atomic mass is 10.1. The number of anilines is 1. The Balaban J connectivity index is 2.04. The molecule has 0 spiro atoms.